The van der Waals surface area contributed by atoms with Gasteiger partial charge in [0.25, 0.3) is 0 Å². The molecule has 0 aromatic heterocycles. The fourth-order valence-electron chi connectivity index (χ4n) is 2.82. The van der Waals surface area contributed by atoms with Crippen LogP contribution in [0, 0.1) is 11.3 Å². The molecule has 0 aromatic rings. The number of hydrogen-bond acceptors (Lipinski definition) is 3. The van der Waals surface area contributed by atoms with Gasteiger partial charge < -0.3 is 9.47 Å². The first-order valence-electron chi connectivity index (χ1n) is 9.88. The summed E-state index contributed by atoms with van der Waals surface area (Å²) in [6.07, 6.45) is 17.8. The zero-order valence-corrected chi connectivity index (χ0v) is 18.1. The van der Waals surface area contributed by atoms with E-state index in [4.69, 9.17) is 14.7 Å². The Labute approximate surface area is 164 Å². The Hall–Kier alpha value is 0.140. The van der Waals surface area contributed by atoms with Crippen molar-refractivity contribution in [3.8, 4) is 6.07 Å². The van der Waals surface area contributed by atoms with Gasteiger partial charge in [-0.3, -0.25) is 0 Å². The molecular weight excluding hydrogens is 413 g/mol. The topological polar surface area (TPSA) is 42.2 Å². The summed E-state index contributed by atoms with van der Waals surface area (Å²) < 4.78 is 11.8. The number of unbranched alkanes of at least 4 members (excludes halogenated alkanes) is 12. The summed E-state index contributed by atoms with van der Waals surface area (Å²) in [5, 5.41) is 9.04. The van der Waals surface area contributed by atoms with Crippen LogP contribution in [0.1, 0.15) is 96.8 Å². The van der Waals surface area contributed by atoms with Gasteiger partial charge in [-0.1, -0.05) is 93.2 Å². The Kier molecular flexibility index (Phi) is 19.6. The predicted molar refractivity (Wildman–Crippen MR) is 110 cm³/mol. The minimum atomic E-state index is -0.322. The van der Waals surface area contributed by atoms with Crippen molar-refractivity contribution < 1.29 is 9.47 Å². The third-order valence-corrected chi connectivity index (χ3v) is 5.19. The van der Waals surface area contributed by atoms with E-state index in [0.29, 0.717) is 0 Å². The molecule has 0 heterocycles. The summed E-state index contributed by atoms with van der Waals surface area (Å²) in [5.41, 5.74) is 0. The summed E-state index contributed by atoms with van der Waals surface area (Å²) in [4.78, 5) is 0. The molecular formula is C20H38INO2. The van der Waals surface area contributed by atoms with Gasteiger partial charge in [-0.05, 0) is 30.6 Å². The highest BCUT2D eigenvalue weighted by Gasteiger charge is 2.11. The second-order valence-corrected chi connectivity index (χ2v) is 7.71. The Morgan fingerprint density at radius 3 is 1.58 bits per heavy atom. The van der Waals surface area contributed by atoms with Crippen molar-refractivity contribution in [3.05, 3.63) is 0 Å². The SMILES string of the molecule is COC(C)OC(C#N)CCCCCCCCCCCCCCCI. The molecule has 0 rings (SSSR count). The molecule has 0 amide bonds. The summed E-state index contributed by atoms with van der Waals surface area (Å²) >= 11 is 2.47. The first-order valence-corrected chi connectivity index (χ1v) is 11.4. The molecule has 0 saturated heterocycles. The van der Waals surface area contributed by atoms with Crippen LogP contribution in [0.3, 0.4) is 0 Å². The zero-order valence-electron chi connectivity index (χ0n) is 15.9. The van der Waals surface area contributed by atoms with Gasteiger partial charge in [0.05, 0.1) is 6.07 Å². The predicted octanol–water partition coefficient (Wildman–Crippen LogP) is 6.78. The van der Waals surface area contributed by atoms with E-state index >= 15 is 0 Å². The Bertz CT molecular complexity index is 294. The van der Waals surface area contributed by atoms with Crippen LogP contribution in [0.15, 0.2) is 0 Å². The molecule has 0 radical (unpaired) electrons. The molecule has 24 heavy (non-hydrogen) atoms. The molecule has 0 bridgehead atoms. The molecule has 0 fully saturated rings. The first kappa shape index (κ1) is 24.1. The highest BCUT2D eigenvalue weighted by atomic mass is 127. The fourth-order valence-corrected chi connectivity index (χ4v) is 3.36. The molecule has 3 nitrogen and oxygen atoms in total. The molecule has 142 valence electrons. The van der Waals surface area contributed by atoms with E-state index in [-0.39, 0.29) is 12.4 Å². The smallest absolute Gasteiger partial charge is 0.156 e. The average molecular weight is 451 g/mol. The molecule has 0 spiro atoms. The quantitative estimate of drug-likeness (QED) is 0.0998. The van der Waals surface area contributed by atoms with Crippen molar-refractivity contribution in [2.75, 3.05) is 11.5 Å². The van der Waals surface area contributed by atoms with Gasteiger partial charge >= 0.3 is 0 Å². The molecule has 4 heteroatoms. The molecule has 0 aliphatic heterocycles. The van der Waals surface area contributed by atoms with E-state index in [9.17, 15) is 0 Å². The lowest BCUT2D eigenvalue weighted by Crippen LogP contribution is -2.19. The van der Waals surface area contributed by atoms with Crippen molar-refractivity contribution in [2.24, 2.45) is 0 Å². The second-order valence-electron chi connectivity index (χ2n) is 6.63. The van der Waals surface area contributed by atoms with Crippen LogP contribution in [0.2, 0.25) is 0 Å². The number of hydrogen-bond donors (Lipinski definition) is 0. The third kappa shape index (κ3) is 17.0. The van der Waals surface area contributed by atoms with Crippen molar-refractivity contribution >= 4 is 22.6 Å². The van der Waals surface area contributed by atoms with Crippen LogP contribution in [0.4, 0.5) is 0 Å². The Balaban J connectivity index is 3.23. The van der Waals surface area contributed by atoms with Crippen molar-refractivity contribution in [2.45, 2.75) is 109 Å². The summed E-state index contributed by atoms with van der Waals surface area (Å²) in [7, 11) is 1.60. The van der Waals surface area contributed by atoms with Gasteiger partial charge in [0.2, 0.25) is 0 Å². The highest BCUT2D eigenvalue weighted by molar-refractivity contribution is 14.1. The Morgan fingerprint density at radius 2 is 1.21 bits per heavy atom. The van der Waals surface area contributed by atoms with E-state index in [2.05, 4.69) is 28.7 Å². The summed E-state index contributed by atoms with van der Waals surface area (Å²) in [6, 6.07) is 2.21. The number of halogens is 1. The van der Waals surface area contributed by atoms with Gasteiger partial charge in [-0.2, -0.15) is 5.26 Å². The third-order valence-electron chi connectivity index (χ3n) is 4.43. The zero-order chi connectivity index (χ0) is 17.9. The number of alkyl halides is 1. The number of ether oxygens (including phenoxy) is 2. The molecule has 0 aliphatic carbocycles. The van der Waals surface area contributed by atoms with Crippen molar-refractivity contribution in [1.82, 2.24) is 0 Å². The summed E-state index contributed by atoms with van der Waals surface area (Å²) in [5.74, 6) is 0. The Morgan fingerprint density at radius 1 is 0.792 bits per heavy atom. The minimum Gasteiger partial charge on any atom is -0.356 e. The first-order chi connectivity index (χ1) is 11.7. The second kappa shape index (κ2) is 19.5. The molecule has 0 aromatic carbocycles. The number of rotatable bonds is 18. The average Bonchev–Trinajstić information content (AvgIpc) is 2.60. The molecule has 0 aliphatic rings. The van der Waals surface area contributed by atoms with Crippen molar-refractivity contribution in [1.29, 1.82) is 5.26 Å². The maximum Gasteiger partial charge on any atom is 0.156 e. The standard InChI is InChI=1S/C20H38INO2/c1-19(23-2)24-20(18-22)16-14-12-10-8-6-4-3-5-7-9-11-13-15-17-21/h19-20H,3-17H2,1-2H3. The number of methoxy groups -OCH3 is 1. The van der Waals surface area contributed by atoms with E-state index in [1.54, 1.807) is 7.11 Å². The van der Waals surface area contributed by atoms with E-state index < -0.39 is 0 Å². The van der Waals surface area contributed by atoms with Gasteiger partial charge in [0.1, 0.15) is 6.10 Å². The van der Waals surface area contributed by atoms with Gasteiger partial charge in [0.15, 0.2) is 6.29 Å². The van der Waals surface area contributed by atoms with Crippen LogP contribution in [0.5, 0.6) is 0 Å². The van der Waals surface area contributed by atoms with Crippen LogP contribution in [-0.4, -0.2) is 23.9 Å². The monoisotopic (exact) mass is 451 g/mol. The lowest BCUT2D eigenvalue weighted by atomic mass is 10.0. The maximum absolute atomic E-state index is 9.04. The fraction of sp³-hybridized carbons (Fsp3) is 0.950. The van der Waals surface area contributed by atoms with Crippen LogP contribution >= 0.6 is 22.6 Å². The normalized spacial score (nSPS) is 13.6. The van der Waals surface area contributed by atoms with E-state index in [1.165, 1.54) is 81.5 Å². The molecule has 2 atom stereocenters. The largest absolute Gasteiger partial charge is 0.356 e. The van der Waals surface area contributed by atoms with Crippen LogP contribution in [-0.2, 0) is 9.47 Å². The number of nitriles is 1. The minimum absolute atomic E-state index is 0.291. The lowest BCUT2D eigenvalue weighted by molar-refractivity contribution is -0.131. The van der Waals surface area contributed by atoms with Crippen LogP contribution in [0.25, 0.3) is 0 Å². The van der Waals surface area contributed by atoms with E-state index in [1.807, 2.05) is 6.92 Å². The number of nitrogens with zero attached hydrogens (tertiary/aromatic N) is 1. The van der Waals surface area contributed by atoms with E-state index in [0.717, 1.165) is 12.8 Å². The van der Waals surface area contributed by atoms with Gasteiger partial charge in [-0.15, -0.1) is 0 Å². The molecule has 0 saturated carbocycles. The molecule has 0 N–H and O–H groups in total. The van der Waals surface area contributed by atoms with Crippen molar-refractivity contribution in [3.63, 3.8) is 0 Å². The maximum atomic E-state index is 9.04. The lowest BCUT2D eigenvalue weighted by Gasteiger charge is -2.15. The molecule has 2 unspecified atom stereocenters. The summed E-state index contributed by atoms with van der Waals surface area (Å²) in [6.45, 7) is 1.83. The van der Waals surface area contributed by atoms with Gasteiger partial charge in [0, 0.05) is 7.11 Å². The van der Waals surface area contributed by atoms with Gasteiger partial charge in [-0.25, -0.2) is 0 Å². The highest BCUT2D eigenvalue weighted by Crippen LogP contribution is 2.14. The van der Waals surface area contributed by atoms with Crippen LogP contribution < -0.4 is 0 Å².